The molecule has 6 nitrogen and oxygen atoms in total. The second kappa shape index (κ2) is 11.8. The van der Waals surface area contributed by atoms with E-state index in [2.05, 4.69) is 4.72 Å². The van der Waals surface area contributed by atoms with Crippen molar-refractivity contribution in [1.82, 2.24) is 4.72 Å². The van der Waals surface area contributed by atoms with E-state index >= 15 is 4.39 Å². The molecule has 1 amide bonds. The fourth-order valence-electron chi connectivity index (χ4n) is 4.90. The summed E-state index contributed by atoms with van der Waals surface area (Å²) < 4.78 is 76.2. The molecule has 3 aromatic rings. The number of para-hydroxylation sites is 1. The summed E-state index contributed by atoms with van der Waals surface area (Å²) in [6, 6.07) is 14.5. The topological polar surface area (TPSA) is 98.5 Å². The molecule has 3 N–H and O–H groups in total. The van der Waals surface area contributed by atoms with E-state index in [9.17, 15) is 22.0 Å². The number of rotatable bonds is 9. The van der Waals surface area contributed by atoms with Gasteiger partial charge in [-0.15, -0.1) is 12.4 Å². The minimum atomic E-state index is -3.52. The number of nitrogens with one attached hydrogen (secondary N) is 1. The lowest BCUT2D eigenvalue weighted by Gasteiger charge is -2.26. The fourth-order valence-corrected chi connectivity index (χ4v) is 5.71. The van der Waals surface area contributed by atoms with Crippen LogP contribution in [-0.2, 0) is 27.8 Å². The van der Waals surface area contributed by atoms with Gasteiger partial charge in [-0.05, 0) is 48.9 Å². The molecular formula is C27H28ClF3N2O4S. The van der Waals surface area contributed by atoms with Crippen molar-refractivity contribution in [3.05, 3.63) is 89.2 Å². The van der Waals surface area contributed by atoms with Crippen molar-refractivity contribution in [3.63, 3.8) is 0 Å². The third kappa shape index (κ3) is 6.67. The van der Waals surface area contributed by atoms with Gasteiger partial charge in [-0.2, -0.15) is 0 Å². The first-order chi connectivity index (χ1) is 17.5. The molecule has 0 bridgehead atoms. The number of carbonyl (C=O) groups excluding carboxylic acids is 1. The van der Waals surface area contributed by atoms with Gasteiger partial charge in [0.15, 0.2) is 11.6 Å². The number of nitrogens with two attached hydrogens (primary N) is 1. The van der Waals surface area contributed by atoms with Gasteiger partial charge < -0.3 is 10.5 Å². The number of carbonyl (C=O) groups is 1. The number of halogens is 4. The van der Waals surface area contributed by atoms with Crippen LogP contribution in [0, 0.1) is 22.9 Å². The number of primary amides is 1. The van der Waals surface area contributed by atoms with E-state index in [-0.39, 0.29) is 60.7 Å². The van der Waals surface area contributed by atoms with Crippen LogP contribution in [0.15, 0.2) is 60.7 Å². The molecule has 4 rings (SSSR count). The molecule has 38 heavy (non-hydrogen) atoms. The van der Waals surface area contributed by atoms with Crippen LogP contribution >= 0.6 is 12.4 Å². The van der Waals surface area contributed by atoms with Gasteiger partial charge in [-0.3, -0.25) is 4.79 Å². The number of hydrogen-bond donors (Lipinski definition) is 2. The molecule has 0 aliphatic heterocycles. The van der Waals surface area contributed by atoms with Crippen molar-refractivity contribution < 1.29 is 31.1 Å². The maximum absolute atomic E-state index is 15.0. The minimum absolute atomic E-state index is 0. The average molecular weight is 569 g/mol. The second-order valence-electron chi connectivity index (χ2n) is 9.47. The van der Waals surface area contributed by atoms with E-state index in [1.165, 1.54) is 24.3 Å². The molecule has 1 aliphatic rings. The third-order valence-corrected chi connectivity index (χ3v) is 7.42. The second-order valence-corrected chi connectivity index (χ2v) is 11.2. The van der Waals surface area contributed by atoms with E-state index in [0.29, 0.717) is 12.5 Å². The van der Waals surface area contributed by atoms with Crippen LogP contribution in [0.3, 0.4) is 0 Å². The van der Waals surface area contributed by atoms with Gasteiger partial charge in [0.2, 0.25) is 15.9 Å². The Bertz CT molecular complexity index is 1420. The van der Waals surface area contributed by atoms with Crippen LogP contribution in [0.5, 0.6) is 5.75 Å². The Kier molecular flexibility index (Phi) is 9.12. The molecule has 204 valence electrons. The highest BCUT2D eigenvalue weighted by atomic mass is 35.5. The Balaban J connectivity index is 0.00000400. The number of hydrogen-bond acceptors (Lipinski definition) is 4. The lowest BCUT2D eigenvalue weighted by atomic mass is 9.78. The summed E-state index contributed by atoms with van der Waals surface area (Å²) in [5.41, 5.74) is 5.24. The first-order valence-electron chi connectivity index (χ1n) is 11.7. The van der Waals surface area contributed by atoms with Crippen molar-refractivity contribution in [2.45, 2.75) is 38.3 Å². The summed E-state index contributed by atoms with van der Waals surface area (Å²) in [4.78, 5) is 12.5. The first-order valence-corrected chi connectivity index (χ1v) is 13.6. The summed E-state index contributed by atoms with van der Waals surface area (Å²) in [6.45, 7) is 0.0317. The molecule has 1 saturated carbocycles. The van der Waals surface area contributed by atoms with Crippen LogP contribution in [0.4, 0.5) is 13.2 Å². The van der Waals surface area contributed by atoms with Crippen molar-refractivity contribution in [3.8, 4) is 16.9 Å². The standard InChI is InChI=1S/C27H27F3N2O4S.ClH/c1-37(34,35)32-19-10-11-27(15-19,26(31)33)14-18-12-21(24(30)13-23(18)29)20-8-5-9-22(28)25(20)36-16-17-6-3-2-4-7-17;/h2-9,12-13,19,32H,10-11,14-16H2,1H3,(H2,31,33);1H/t19-,27+;/m0./s1. The Labute approximate surface area is 225 Å². The normalized spacial score (nSPS) is 19.1. The zero-order chi connectivity index (χ0) is 26.8. The Hall–Kier alpha value is -3.08. The maximum atomic E-state index is 15.0. The number of benzene rings is 3. The summed E-state index contributed by atoms with van der Waals surface area (Å²) in [6.07, 6.45) is 1.49. The molecule has 0 heterocycles. The van der Waals surface area contributed by atoms with Gasteiger partial charge >= 0.3 is 0 Å². The largest absolute Gasteiger partial charge is 0.485 e. The van der Waals surface area contributed by atoms with Gasteiger partial charge in [0.1, 0.15) is 18.2 Å². The Morgan fingerprint density at radius 2 is 1.74 bits per heavy atom. The maximum Gasteiger partial charge on any atom is 0.224 e. The quantitative estimate of drug-likeness (QED) is 0.384. The SMILES string of the molecule is CS(=O)(=O)N[C@H]1CC[C@](Cc2cc(-c3cccc(F)c3OCc3ccccc3)c(F)cc2F)(C(N)=O)C1.Cl. The Morgan fingerprint density at radius 1 is 1.03 bits per heavy atom. The summed E-state index contributed by atoms with van der Waals surface area (Å²) in [5.74, 6) is -3.41. The van der Waals surface area contributed by atoms with Crippen molar-refractivity contribution in [2.24, 2.45) is 11.1 Å². The molecule has 0 unspecified atom stereocenters. The highest BCUT2D eigenvalue weighted by molar-refractivity contribution is 7.88. The van der Waals surface area contributed by atoms with E-state index < -0.39 is 44.8 Å². The third-order valence-electron chi connectivity index (χ3n) is 6.66. The van der Waals surface area contributed by atoms with Gasteiger partial charge in [0.05, 0.1) is 11.7 Å². The van der Waals surface area contributed by atoms with E-state index in [0.717, 1.165) is 11.8 Å². The lowest BCUT2D eigenvalue weighted by molar-refractivity contribution is -0.127. The van der Waals surface area contributed by atoms with Gasteiger partial charge in [-0.25, -0.2) is 26.3 Å². The number of amides is 1. The predicted octanol–water partition coefficient (Wildman–Crippen LogP) is 4.89. The molecule has 1 fully saturated rings. The van der Waals surface area contributed by atoms with Gasteiger partial charge in [0, 0.05) is 23.2 Å². The Morgan fingerprint density at radius 3 is 2.39 bits per heavy atom. The summed E-state index contributed by atoms with van der Waals surface area (Å²) in [7, 11) is -3.52. The van der Waals surface area contributed by atoms with Crippen molar-refractivity contribution >= 4 is 28.3 Å². The lowest BCUT2D eigenvalue weighted by Crippen LogP contribution is -2.40. The summed E-state index contributed by atoms with van der Waals surface area (Å²) in [5, 5.41) is 0. The molecule has 1 aliphatic carbocycles. The van der Waals surface area contributed by atoms with Gasteiger partial charge in [-0.1, -0.05) is 42.5 Å². The smallest absolute Gasteiger partial charge is 0.224 e. The number of ether oxygens (including phenoxy) is 1. The predicted molar refractivity (Wildman–Crippen MR) is 141 cm³/mol. The van der Waals surface area contributed by atoms with Crippen LogP contribution in [-0.4, -0.2) is 26.6 Å². The van der Waals surface area contributed by atoms with E-state index in [1.54, 1.807) is 24.3 Å². The first kappa shape index (κ1) is 29.5. The molecule has 11 heteroatoms. The van der Waals surface area contributed by atoms with Crippen molar-refractivity contribution in [1.29, 1.82) is 0 Å². The van der Waals surface area contributed by atoms with Crippen LogP contribution in [0.2, 0.25) is 0 Å². The van der Waals surface area contributed by atoms with Gasteiger partial charge in [0.25, 0.3) is 0 Å². The van der Waals surface area contributed by atoms with E-state index in [4.69, 9.17) is 10.5 Å². The number of sulfonamides is 1. The van der Waals surface area contributed by atoms with Crippen LogP contribution in [0.25, 0.3) is 11.1 Å². The molecule has 0 saturated heterocycles. The van der Waals surface area contributed by atoms with Crippen LogP contribution in [0.1, 0.15) is 30.4 Å². The average Bonchev–Trinajstić information content (AvgIpc) is 3.23. The molecule has 3 aromatic carbocycles. The molecule has 0 spiro atoms. The van der Waals surface area contributed by atoms with Crippen LogP contribution < -0.4 is 15.2 Å². The molecule has 0 aromatic heterocycles. The van der Waals surface area contributed by atoms with E-state index in [1.807, 2.05) is 6.07 Å². The highest BCUT2D eigenvalue weighted by Crippen LogP contribution is 2.43. The molecule has 2 atom stereocenters. The monoisotopic (exact) mass is 568 g/mol. The molecular weight excluding hydrogens is 541 g/mol. The fraction of sp³-hybridized carbons (Fsp3) is 0.296. The minimum Gasteiger partial charge on any atom is -0.485 e. The highest BCUT2D eigenvalue weighted by Gasteiger charge is 2.45. The zero-order valence-corrected chi connectivity index (χ0v) is 22.2. The zero-order valence-electron chi connectivity index (χ0n) is 20.5. The van der Waals surface area contributed by atoms with Crippen molar-refractivity contribution in [2.75, 3.05) is 6.26 Å². The molecule has 0 radical (unpaired) electrons. The summed E-state index contributed by atoms with van der Waals surface area (Å²) >= 11 is 0.